The molecule has 27 nitrogen and oxygen atoms in total. The Kier molecular flexibility index (Phi) is 39.4. The molecule has 2 saturated carbocycles. The van der Waals surface area contributed by atoms with Crippen LogP contribution in [0.25, 0.3) is 0 Å². The van der Waals surface area contributed by atoms with Crippen molar-refractivity contribution in [2.24, 2.45) is 41.4 Å². The second-order valence-corrected chi connectivity index (χ2v) is 33.3. The lowest BCUT2D eigenvalue weighted by Gasteiger charge is -2.39. The average molecular weight is 1500 g/mol. The van der Waals surface area contributed by atoms with Crippen molar-refractivity contribution in [3.63, 3.8) is 0 Å². The fourth-order valence-electron chi connectivity index (χ4n) is 15.5. The van der Waals surface area contributed by atoms with Crippen molar-refractivity contribution in [2.75, 3.05) is 88.3 Å². The normalized spacial score (nSPS) is 26.7. The summed E-state index contributed by atoms with van der Waals surface area (Å²) in [6.07, 6.45) is 10.7. The number of likely N-dealkylation sites (tertiary alicyclic amines) is 1. The zero-order valence-electron chi connectivity index (χ0n) is 68.1. The van der Waals surface area contributed by atoms with Crippen LogP contribution in [-0.4, -0.2) is 275 Å². The number of ether oxygens (including phenoxy) is 1. The van der Waals surface area contributed by atoms with Gasteiger partial charge in [-0.2, -0.15) is 0 Å². The Labute approximate surface area is 634 Å². The Morgan fingerprint density at radius 1 is 0.462 bits per heavy atom. The molecule has 606 valence electrons. The number of carbonyl (C=O) groups excluding carboxylic acids is 12. The van der Waals surface area contributed by atoms with Crippen LogP contribution in [0.3, 0.4) is 0 Å². The van der Waals surface area contributed by atoms with Gasteiger partial charge in [-0.3, -0.25) is 57.5 Å². The molecule has 0 aromatic rings. The molecule has 2 aliphatic heterocycles. The number of nitrogens with one attached hydrogen (secondary N) is 4. The van der Waals surface area contributed by atoms with Gasteiger partial charge >= 0.3 is 0 Å². The monoisotopic (exact) mass is 1500 g/mol. The van der Waals surface area contributed by atoms with E-state index >= 15 is 33.6 Å². The summed E-state index contributed by atoms with van der Waals surface area (Å²) in [6, 6.07) is -12.5. The highest BCUT2D eigenvalue weighted by Crippen LogP contribution is 2.33. The van der Waals surface area contributed by atoms with Gasteiger partial charge in [-0.25, -0.2) is 0 Å². The number of carbonyl (C=O) groups is 12. The second-order valence-electron chi connectivity index (χ2n) is 33.3. The Morgan fingerprint density at radius 2 is 0.877 bits per heavy atom. The summed E-state index contributed by atoms with van der Waals surface area (Å²) >= 11 is 0. The molecular weight excluding hydrogens is 1360 g/mol. The van der Waals surface area contributed by atoms with Gasteiger partial charge in [-0.15, -0.1) is 0 Å². The molecule has 11 atom stereocenters. The number of piperidine rings is 1. The smallest absolute Gasteiger partial charge is 0.248 e. The molecule has 0 unspecified atom stereocenters. The number of amides is 12. The third kappa shape index (κ3) is 28.5. The predicted octanol–water partition coefficient (Wildman–Crippen LogP) is 5.88. The zero-order valence-corrected chi connectivity index (χ0v) is 68.1. The van der Waals surface area contributed by atoms with Gasteiger partial charge in [0.2, 0.25) is 70.9 Å². The van der Waals surface area contributed by atoms with Crippen LogP contribution in [-0.2, 0) is 62.3 Å². The molecule has 4 fully saturated rings. The first-order valence-corrected chi connectivity index (χ1v) is 40.2. The fourth-order valence-corrected chi connectivity index (χ4v) is 15.5. The van der Waals surface area contributed by atoms with Crippen molar-refractivity contribution in [2.45, 2.75) is 304 Å². The number of hydrogen-bond acceptors (Lipinski definition) is 15. The third-order valence-electron chi connectivity index (χ3n) is 21.9. The largest absolute Gasteiger partial charge is 0.394 e. The Morgan fingerprint density at radius 3 is 1.38 bits per heavy atom. The SMILES string of the molecule is CCCCN1CC(=O)N(C)[C@@H](CC(C)C)C(=O)N[C@H](C(=O)N2CCCCC2)CC(=O)N(C)[C@@H](CC(C)C)C(=O)N[C@@H](COCCO)CC(=O)N(C)[C@@H](CC(C)C)C(=O)N(C)[C@@H](CC2CCCCC2)C(=O)N[C@@H](CC(C)C)C(=O)N(C)[C@@H](CC2CCCCC2)C(=O)N(C)[C@@H](CC(C)C)C(=O)N[C@@H]([C@@H](C)O)C1=O. The van der Waals surface area contributed by atoms with E-state index in [2.05, 4.69) is 21.3 Å². The first kappa shape index (κ1) is 91.9. The quantitative estimate of drug-likeness (QED) is 0.0651. The maximum atomic E-state index is 15.7. The molecule has 2 saturated heterocycles. The van der Waals surface area contributed by atoms with E-state index in [1.54, 1.807) is 19.0 Å². The number of aliphatic hydroxyl groups is 2. The molecule has 2 aliphatic carbocycles. The standard InChI is InChI=1S/C79H140N12O15/c1-19-20-34-91-48-69(96)85(14)62(41-52(6)7)72(98)82-60(76(102)90-35-28-23-29-36-90)47-68(95)84(13)61(40-51(4)5)71(97)80-58(49-106-38-37-92)46-67(94)86(15)65(43-54(10)11)77(103)88(17)64(44-56-30-24-21-25-31-56)73(99)81-59(39-50(2)3)75(101)89(18)66(45-57-32-26-22-27-33-57)78(104)87(16)63(42-53(8)9)74(100)83-70(55(12)93)79(91)105/h50-66,70,92-93H,19-49H2,1-18H3,(H,80,97)(H,81,99)(H,82,98)(H,83,100)/t55-,58-,59+,60+,61+,62+,63+,64+,65+,66+,70+/m1/s1. The summed E-state index contributed by atoms with van der Waals surface area (Å²) in [5, 5.41) is 33.1. The summed E-state index contributed by atoms with van der Waals surface area (Å²) in [5.74, 6) is -8.55. The van der Waals surface area contributed by atoms with E-state index < -0.39 is 157 Å². The van der Waals surface area contributed by atoms with Gasteiger partial charge in [0.25, 0.3) is 0 Å². The molecule has 0 aromatic heterocycles. The van der Waals surface area contributed by atoms with Crippen molar-refractivity contribution in [1.29, 1.82) is 0 Å². The highest BCUT2D eigenvalue weighted by atomic mass is 16.5. The van der Waals surface area contributed by atoms with Gasteiger partial charge in [-0.1, -0.05) is 147 Å². The second kappa shape index (κ2) is 45.5. The van der Waals surface area contributed by atoms with Crippen molar-refractivity contribution in [3.8, 4) is 0 Å². The van der Waals surface area contributed by atoms with Gasteiger partial charge in [0.15, 0.2) is 0 Å². The lowest BCUT2D eigenvalue weighted by atomic mass is 9.83. The van der Waals surface area contributed by atoms with Gasteiger partial charge in [0.1, 0.15) is 54.4 Å². The molecule has 12 amide bonds. The molecular formula is C79H140N12O15. The molecule has 0 radical (unpaired) electrons. The van der Waals surface area contributed by atoms with Gasteiger partial charge in [-0.05, 0) is 119 Å². The van der Waals surface area contributed by atoms with Crippen LogP contribution in [0.5, 0.6) is 0 Å². The van der Waals surface area contributed by atoms with Crippen molar-refractivity contribution in [1.82, 2.24) is 60.5 Å². The molecule has 4 aliphatic rings. The maximum Gasteiger partial charge on any atom is 0.248 e. The van der Waals surface area contributed by atoms with Gasteiger partial charge in [0, 0.05) is 68.3 Å². The number of nitrogens with zero attached hydrogens (tertiary/aromatic N) is 8. The lowest BCUT2D eigenvalue weighted by molar-refractivity contribution is -0.152. The summed E-state index contributed by atoms with van der Waals surface area (Å²) in [7, 11) is 8.92. The lowest BCUT2D eigenvalue weighted by Crippen LogP contribution is -2.62. The highest BCUT2D eigenvalue weighted by Gasteiger charge is 2.45. The molecule has 0 bridgehead atoms. The maximum absolute atomic E-state index is 15.7. The van der Waals surface area contributed by atoms with Crippen molar-refractivity contribution < 1.29 is 72.5 Å². The summed E-state index contributed by atoms with van der Waals surface area (Å²) in [4.78, 5) is 193. The molecule has 27 heteroatoms. The minimum Gasteiger partial charge on any atom is -0.394 e. The average Bonchev–Trinajstić information content (AvgIpc) is 0.815. The summed E-state index contributed by atoms with van der Waals surface area (Å²) in [6.45, 7) is 21.4. The molecule has 2 heterocycles. The van der Waals surface area contributed by atoms with E-state index in [1.165, 1.54) is 69.4 Å². The predicted molar refractivity (Wildman–Crippen MR) is 407 cm³/mol. The molecule has 106 heavy (non-hydrogen) atoms. The van der Waals surface area contributed by atoms with Crippen LogP contribution in [0.4, 0.5) is 0 Å². The van der Waals surface area contributed by atoms with Gasteiger partial charge in [0.05, 0.1) is 44.9 Å². The minimum atomic E-state index is -1.64. The molecule has 6 N–H and O–H groups in total. The molecule has 0 spiro atoms. The van der Waals surface area contributed by atoms with E-state index in [0.29, 0.717) is 38.8 Å². The van der Waals surface area contributed by atoms with Crippen LogP contribution < -0.4 is 21.3 Å². The number of likely N-dealkylation sites (N-methyl/N-ethyl adjacent to an activating group) is 6. The Balaban J connectivity index is 2.01. The summed E-state index contributed by atoms with van der Waals surface area (Å²) in [5.41, 5.74) is 0. The Hall–Kier alpha value is -6.48. The Bertz CT molecular complexity index is 2840. The first-order chi connectivity index (χ1) is 49.9. The summed E-state index contributed by atoms with van der Waals surface area (Å²) < 4.78 is 5.80. The van der Waals surface area contributed by atoms with E-state index in [9.17, 15) is 34.2 Å². The van der Waals surface area contributed by atoms with Crippen LogP contribution in [0, 0.1) is 41.4 Å². The fraction of sp³-hybridized carbons (Fsp3) is 0.848. The number of unbranched alkanes of at least 4 members (excludes halogenated alkanes) is 1. The van der Waals surface area contributed by atoms with E-state index in [-0.39, 0.29) is 113 Å². The van der Waals surface area contributed by atoms with Crippen LogP contribution in [0.2, 0.25) is 0 Å². The third-order valence-corrected chi connectivity index (χ3v) is 21.9. The van der Waals surface area contributed by atoms with Crippen LogP contribution >= 0.6 is 0 Å². The number of aliphatic hydroxyl groups excluding tert-OH is 2. The minimum absolute atomic E-state index is 0.00454. The van der Waals surface area contributed by atoms with E-state index in [4.69, 9.17) is 4.74 Å². The zero-order chi connectivity index (χ0) is 79.4. The van der Waals surface area contributed by atoms with Crippen molar-refractivity contribution in [3.05, 3.63) is 0 Å². The molecule has 4 rings (SSSR count). The van der Waals surface area contributed by atoms with E-state index in [0.717, 1.165) is 70.6 Å². The van der Waals surface area contributed by atoms with Gasteiger partial charge < -0.3 is 75.4 Å². The molecule has 0 aromatic carbocycles. The van der Waals surface area contributed by atoms with Crippen molar-refractivity contribution >= 4 is 70.9 Å². The highest BCUT2D eigenvalue weighted by molar-refractivity contribution is 5.99. The first-order valence-electron chi connectivity index (χ1n) is 40.2. The van der Waals surface area contributed by atoms with E-state index in [1.807, 2.05) is 76.2 Å². The van der Waals surface area contributed by atoms with Crippen LogP contribution in [0.15, 0.2) is 0 Å². The van der Waals surface area contributed by atoms with Crippen LogP contribution in [0.1, 0.15) is 237 Å². The topological polar surface area (TPSA) is 329 Å². The number of rotatable bonds is 23. The number of hydrogen-bond donors (Lipinski definition) is 6.